The van der Waals surface area contributed by atoms with E-state index in [0.29, 0.717) is 0 Å². The quantitative estimate of drug-likeness (QED) is 0.465. The SMILES string of the molecule is C[CH]CCCCCCCCc1cccc2ccccc12. The standard InChI is InChI=1S/C20H27/c1-2-3-4-5-6-7-8-9-13-18-15-12-16-19-14-10-11-17-20(18)19/h2,10-12,14-17H,3-9,13H2,1H3. The highest BCUT2D eigenvalue weighted by atomic mass is 14.0. The molecule has 20 heavy (non-hydrogen) atoms. The Morgan fingerprint density at radius 2 is 1.45 bits per heavy atom. The number of aryl methyl sites for hydroxylation is 1. The largest absolute Gasteiger partial charge is 0.0623 e. The number of rotatable bonds is 9. The van der Waals surface area contributed by atoms with Gasteiger partial charge in [-0.2, -0.15) is 0 Å². The van der Waals surface area contributed by atoms with E-state index in [1.807, 2.05) is 0 Å². The number of hydrogen-bond donors (Lipinski definition) is 0. The van der Waals surface area contributed by atoms with Crippen LogP contribution in [-0.4, -0.2) is 0 Å². The van der Waals surface area contributed by atoms with Crippen LogP contribution in [0, 0.1) is 6.42 Å². The van der Waals surface area contributed by atoms with Crippen LogP contribution in [0.4, 0.5) is 0 Å². The lowest BCUT2D eigenvalue weighted by Gasteiger charge is -2.06. The molecule has 0 heteroatoms. The first kappa shape index (κ1) is 15.1. The zero-order valence-electron chi connectivity index (χ0n) is 12.8. The van der Waals surface area contributed by atoms with Crippen molar-refractivity contribution in [3.05, 3.63) is 54.4 Å². The summed E-state index contributed by atoms with van der Waals surface area (Å²) in [5.74, 6) is 0. The van der Waals surface area contributed by atoms with Gasteiger partial charge in [0, 0.05) is 0 Å². The van der Waals surface area contributed by atoms with E-state index < -0.39 is 0 Å². The summed E-state index contributed by atoms with van der Waals surface area (Å²) >= 11 is 0. The van der Waals surface area contributed by atoms with Crippen LogP contribution >= 0.6 is 0 Å². The molecule has 1 radical (unpaired) electrons. The fourth-order valence-electron chi connectivity index (χ4n) is 2.88. The molecule has 0 atom stereocenters. The Morgan fingerprint density at radius 3 is 2.30 bits per heavy atom. The van der Waals surface area contributed by atoms with Crippen LogP contribution in [0.15, 0.2) is 42.5 Å². The van der Waals surface area contributed by atoms with Crippen LogP contribution in [0.5, 0.6) is 0 Å². The van der Waals surface area contributed by atoms with Crippen LogP contribution < -0.4 is 0 Å². The topological polar surface area (TPSA) is 0 Å². The van der Waals surface area contributed by atoms with Gasteiger partial charge in [0.15, 0.2) is 0 Å². The van der Waals surface area contributed by atoms with E-state index in [1.165, 1.54) is 67.7 Å². The van der Waals surface area contributed by atoms with Crippen molar-refractivity contribution in [1.82, 2.24) is 0 Å². The monoisotopic (exact) mass is 267 g/mol. The van der Waals surface area contributed by atoms with Gasteiger partial charge in [-0.15, -0.1) is 0 Å². The van der Waals surface area contributed by atoms with E-state index in [-0.39, 0.29) is 0 Å². The molecule has 107 valence electrons. The Morgan fingerprint density at radius 1 is 0.750 bits per heavy atom. The van der Waals surface area contributed by atoms with Gasteiger partial charge in [-0.3, -0.25) is 0 Å². The summed E-state index contributed by atoms with van der Waals surface area (Å²) in [6.45, 7) is 2.16. The smallest absolute Gasteiger partial charge is 0.0152 e. The van der Waals surface area contributed by atoms with Gasteiger partial charge in [-0.1, -0.05) is 87.9 Å². The van der Waals surface area contributed by atoms with Gasteiger partial charge >= 0.3 is 0 Å². The third-order valence-corrected chi connectivity index (χ3v) is 4.07. The Labute approximate surface area is 124 Å². The van der Waals surface area contributed by atoms with Crippen molar-refractivity contribution in [2.24, 2.45) is 0 Å². The van der Waals surface area contributed by atoms with Crippen molar-refractivity contribution >= 4 is 10.8 Å². The third-order valence-electron chi connectivity index (χ3n) is 4.07. The van der Waals surface area contributed by atoms with Gasteiger partial charge < -0.3 is 0 Å². The molecule has 0 aliphatic rings. The maximum Gasteiger partial charge on any atom is -0.0152 e. The molecule has 2 rings (SSSR count). The predicted molar refractivity (Wildman–Crippen MR) is 89.9 cm³/mol. The third kappa shape index (κ3) is 4.67. The second-order valence-electron chi connectivity index (χ2n) is 5.71. The molecule has 0 bridgehead atoms. The summed E-state index contributed by atoms with van der Waals surface area (Å²) in [5.41, 5.74) is 1.52. The molecule has 2 aromatic rings. The second kappa shape index (κ2) is 8.79. The molecular formula is C20H27. The second-order valence-corrected chi connectivity index (χ2v) is 5.71. The van der Waals surface area contributed by atoms with Crippen molar-refractivity contribution in [2.45, 2.75) is 58.3 Å². The lowest BCUT2D eigenvalue weighted by atomic mass is 9.99. The van der Waals surface area contributed by atoms with Gasteiger partial charge in [-0.25, -0.2) is 0 Å². The van der Waals surface area contributed by atoms with E-state index >= 15 is 0 Å². The van der Waals surface area contributed by atoms with Gasteiger partial charge in [0.05, 0.1) is 0 Å². The van der Waals surface area contributed by atoms with E-state index in [1.54, 1.807) is 0 Å². The van der Waals surface area contributed by atoms with Crippen molar-refractivity contribution in [3.8, 4) is 0 Å². The molecule has 0 heterocycles. The number of benzene rings is 2. The molecule has 2 aromatic carbocycles. The Bertz CT molecular complexity index is 493. The van der Waals surface area contributed by atoms with Crippen LogP contribution in [0.25, 0.3) is 10.8 Å². The molecule has 0 unspecified atom stereocenters. The van der Waals surface area contributed by atoms with E-state index in [2.05, 4.69) is 55.8 Å². The molecular weight excluding hydrogens is 240 g/mol. The molecule has 0 N–H and O–H groups in total. The van der Waals surface area contributed by atoms with Gasteiger partial charge in [0.1, 0.15) is 0 Å². The molecule has 0 fully saturated rings. The minimum Gasteiger partial charge on any atom is -0.0623 e. The van der Waals surface area contributed by atoms with Crippen LogP contribution in [0.3, 0.4) is 0 Å². The van der Waals surface area contributed by atoms with Crippen LogP contribution in [0.1, 0.15) is 57.4 Å². The summed E-state index contributed by atoms with van der Waals surface area (Å²) in [6, 6.07) is 15.4. The number of unbranched alkanes of at least 4 members (excludes halogenated alkanes) is 7. The average molecular weight is 267 g/mol. The molecule has 0 spiro atoms. The van der Waals surface area contributed by atoms with Crippen molar-refractivity contribution in [3.63, 3.8) is 0 Å². The predicted octanol–water partition coefficient (Wildman–Crippen LogP) is 6.34. The molecule has 0 nitrogen and oxygen atoms in total. The first-order valence-corrected chi connectivity index (χ1v) is 8.16. The fourth-order valence-corrected chi connectivity index (χ4v) is 2.88. The van der Waals surface area contributed by atoms with Gasteiger partial charge in [0.2, 0.25) is 0 Å². The first-order chi connectivity index (χ1) is 9.92. The highest BCUT2D eigenvalue weighted by Gasteiger charge is 2.00. The minimum absolute atomic E-state index is 1.23. The fraction of sp³-hybridized carbons (Fsp3) is 0.450. The van der Waals surface area contributed by atoms with Crippen molar-refractivity contribution in [2.75, 3.05) is 0 Å². The van der Waals surface area contributed by atoms with Crippen molar-refractivity contribution < 1.29 is 0 Å². The van der Waals surface area contributed by atoms with E-state index in [4.69, 9.17) is 0 Å². The molecule has 0 saturated heterocycles. The maximum absolute atomic E-state index is 2.29. The highest BCUT2D eigenvalue weighted by Crippen LogP contribution is 2.20. The summed E-state index contributed by atoms with van der Waals surface area (Å²) < 4.78 is 0. The van der Waals surface area contributed by atoms with Crippen LogP contribution in [-0.2, 0) is 6.42 Å². The molecule has 0 aliphatic carbocycles. The summed E-state index contributed by atoms with van der Waals surface area (Å²) in [7, 11) is 0. The zero-order valence-corrected chi connectivity index (χ0v) is 12.8. The first-order valence-electron chi connectivity index (χ1n) is 8.16. The number of hydrogen-bond acceptors (Lipinski definition) is 0. The zero-order chi connectivity index (χ0) is 14.0. The summed E-state index contributed by atoms with van der Waals surface area (Å²) in [4.78, 5) is 0. The normalized spacial score (nSPS) is 11.1. The molecule has 0 amide bonds. The number of fused-ring (bicyclic) bond motifs is 1. The van der Waals surface area contributed by atoms with Gasteiger partial charge in [-0.05, 0) is 35.6 Å². The van der Waals surface area contributed by atoms with Crippen molar-refractivity contribution in [1.29, 1.82) is 0 Å². The van der Waals surface area contributed by atoms with E-state index in [9.17, 15) is 0 Å². The average Bonchev–Trinajstić information content (AvgIpc) is 2.50. The van der Waals surface area contributed by atoms with Gasteiger partial charge in [0.25, 0.3) is 0 Å². The van der Waals surface area contributed by atoms with E-state index in [0.717, 1.165) is 0 Å². The molecule has 0 aliphatic heterocycles. The minimum atomic E-state index is 1.23. The molecule has 0 aromatic heterocycles. The lowest BCUT2D eigenvalue weighted by Crippen LogP contribution is -1.88. The lowest BCUT2D eigenvalue weighted by molar-refractivity contribution is 0.593. The van der Waals surface area contributed by atoms with Crippen LogP contribution in [0.2, 0.25) is 0 Å². The maximum atomic E-state index is 2.29. The molecule has 0 saturated carbocycles. The Balaban J connectivity index is 1.71. The Kier molecular flexibility index (Phi) is 6.63. The Hall–Kier alpha value is -1.30. The summed E-state index contributed by atoms with van der Waals surface area (Å²) in [5, 5.41) is 2.81. The summed E-state index contributed by atoms with van der Waals surface area (Å²) in [6.07, 6.45) is 13.1. The highest BCUT2D eigenvalue weighted by molar-refractivity contribution is 5.85.